The van der Waals surface area contributed by atoms with Gasteiger partial charge in [0.25, 0.3) is 0 Å². The molecule has 3 N–H and O–H groups in total. The Morgan fingerprint density at radius 2 is 0.978 bits per heavy atom. The molecule has 0 aromatic rings. The van der Waals surface area contributed by atoms with Gasteiger partial charge in [-0.05, 0) is 38.5 Å². The minimum atomic E-state index is -3.16. The average molecular weight is 649 g/mol. The third-order valence-corrected chi connectivity index (χ3v) is 9.76. The summed E-state index contributed by atoms with van der Waals surface area (Å²) in [6.45, 7) is 4.43. The van der Waals surface area contributed by atoms with Crippen molar-refractivity contribution in [1.82, 2.24) is 0 Å². The Kier molecular flexibility index (Phi) is 23.3. The Balaban J connectivity index is 2.48. The molecule has 46 heavy (non-hydrogen) atoms. The van der Waals surface area contributed by atoms with Crippen LogP contribution in [0, 0.1) is 0 Å². The van der Waals surface area contributed by atoms with Gasteiger partial charge in [0.15, 0.2) is 34.8 Å². The molecular weight excluding hydrogens is 580 g/mol. The summed E-state index contributed by atoms with van der Waals surface area (Å²) in [5.41, 5.74) is -6.24. The van der Waals surface area contributed by atoms with Crippen molar-refractivity contribution in [2.75, 3.05) is 0 Å². The first kappa shape index (κ1) is 42.3. The van der Waals surface area contributed by atoms with Gasteiger partial charge >= 0.3 is 0 Å². The molecule has 1 saturated carbocycles. The van der Waals surface area contributed by atoms with E-state index in [9.17, 15) is 34.5 Å². The lowest BCUT2D eigenvalue weighted by molar-refractivity contribution is -0.202. The molecule has 0 aromatic heterocycles. The quantitative estimate of drug-likeness (QED) is 0.0390. The predicted octanol–water partition coefficient (Wildman–Crippen LogP) is 8.62. The van der Waals surface area contributed by atoms with Gasteiger partial charge in [-0.15, -0.1) is 0 Å². The molecule has 7 heteroatoms. The number of carbonyl (C=O) groups is 4. The first-order chi connectivity index (χ1) is 22.2. The largest absolute Gasteiger partial charge is 0.382 e. The Hall–Kier alpha value is -1.70. The minimum absolute atomic E-state index is 0.0971. The molecular formula is C39H68O7. The van der Waals surface area contributed by atoms with Crippen molar-refractivity contribution in [2.45, 2.75) is 211 Å². The summed E-state index contributed by atoms with van der Waals surface area (Å²) in [5, 5.41) is 33.6. The standard InChI is InChI=1S/C39H68O7/c1-3-5-7-9-11-13-15-17-19-21-23-25-27-29-33(40)37(44)39(46,38(45)35(42)31-32-36(38)43)34(41)30-28-26-24-22-20-18-16-14-12-10-8-6-4-2/h14,16,37,44-46H,3-13,15,17-32H2,1-2H3/b16-14-. The predicted molar refractivity (Wildman–Crippen MR) is 186 cm³/mol. The van der Waals surface area contributed by atoms with E-state index in [1.54, 1.807) is 0 Å². The molecule has 2 unspecified atom stereocenters. The number of hydrogen-bond donors (Lipinski definition) is 3. The number of allylic oxidation sites excluding steroid dienone is 2. The van der Waals surface area contributed by atoms with E-state index in [1.165, 1.54) is 77.0 Å². The lowest BCUT2D eigenvalue weighted by atomic mass is 9.70. The molecule has 0 aromatic carbocycles. The van der Waals surface area contributed by atoms with Gasteiger partial charge in [-0.25, -0.2) is 0 Å². The molecule has 0 saturated heterocycles. The summed E-state index contributed by atoms with van der Waals surface area (Å²) in [6, 6.07) is 0. The number of Topliss-reactive ketones (excluding diaryl/α,β-unsaturated/α-hetero) is 4. The monoisotopic (exact) mass is 648 g/mol. The van der Waals surface area contributed by atoms with Gasteiger partial charge in [-0.3, -0.25) is 19.2 Å². The molecule has 1 fully saturated rings. The van der Waals surface area contributed by atoms with Crippen molar-refractivity contribution in [3.63, 3.8) is 0 Å². The van der Waals surface area contributed by atoms with Gasteiger partial charge in [-0.1, -0.05) is 142 Å². The highest BCUT2D eigenvalue weighted by atomic mass is 16.4. The lowest BCUT2D eigenvalue weighted by Gasteiger charge is -2.40. The van der Waals surface area contributed by atoms with Crippen LogP contribution in [-0.2, 0) is 19.2 Å². The van der Waals surface area contributed by atoms with Gasteiger partial charge in [0.1, 0.15) is 0 Å². The van der Waals surface area contributed by atoms with Crippen LogP contribution in [0.4, 0.5) is 0 Å². The topological polar surface area (TPSA) is 129 Å². The van der Waals surface area contributed by atoms with Gasteiger partial charge in [0, 0.05) is 25.7 Å². The van der Waals surface area contributed by atoms with Crippen LogP contribution < -0.4 is 0 Å². The maximum atomic E-state index is 13.3. The summed E-state index contributed by atoms with van der Waals surface area (Å²) in [4.78, 5) is 51.6. The second-order valence-corrected chi connectivity index (χ2v) is 13.7. The number of rotatable bonds is 31. The van der Waals surface area contributed by atoms with E-state index in [2.05, 4.69) is 26.0 Å². The Labute approximate surface area is 280 Å². The summed E-state index contributed by atoms with van der Waals surface area (Å²) in [7, 11) is 0. The number of aliphatic hydroxyl groups is 3. The normalized spacial score (nSPS) is 16.7. The van der Waals surface area contributed by atoms with E-state index < -0.39 is 40.4 Å². The van der Waals surface area contributed by atoms with Crippen molar-refractivity contribution < 1.29 is 34.5 Å². The highest BCUT2D eigenvalue weighted by molar-refractivity contribution is 6.21. The third kappa shape index (κ3) is 14.6. The van der Waals surface area contributed by atoms with Crippen molar-refractivity contribution in [2.24, 2.45) is 0 Å². The molecule has 7 nitrogen and oxygen atoms in total. The molecule has 0 radical (unpaired) electrons. The van der Waals surface area contributed by atoms with Gasteiger partial charge in [0.2, 0.25) is 5.60 Å². The number of carbonyl (C=O) groups excluding carboxylic acids is 4. The van der Waals surface area contributed by atoms with Crippen LogP contribution in [0.25, 0.3) is 0 Å². The van der Waals surface area contributed by atoms with Crippen molar-refractivity contribution >= 4 is 23.1 Å². The summed E-state index contributed by atoms with van der Waals surface area (Å²) < 4.78 is 0. The molecule has 0 amide bonds. The zero-order chi connectivity index (χ0) is 34.1. The first-order valence-corrected chi connectivity index (χ1v) is 19.1. The minimum Gasteiger partial charge on any atom is -0.382 e. The van der Waals surface area contributed by atoms with Gasteiger partial charge in [0.05, 0.1) is 0 Å². The summed E-state index contributed by atoms with van der Waals surface area (Å²) in [6.07, 6.45) is 26.9. The van der Waals surface area contributed by atoms with Crippen LogP contribution in [0.5, 0.6) is 0 Å². The molecule has 0 aliphatic heterocycles. The second-order valence-electron chi connectivity index (χ2n) is 13.7. The molecule has 266 valence electrons. The zero-order valence-electron chi connectivity index (χ0n) is 29.5. The van der Waals surface area contributed by atoms with E-state index in [0.717, 1.165) is 57.8 Å². The molecule has 0 spiro atoms. The van der Waals surface area contributed by atoms with E-state index >= 15 is 0 Å². The SMILES string of the molecule is CCCCCC/C=C\CCCCCCCC(=O)C(O)(C(O)C(=O)CCCCCCCCCCCCCCC)C1(O)C(=O)CCC1=O. The van der Waals surface area contributed by atoms with Crippen molar-refractivity contribution in [1.29, 1.82) is 0 Å². The third-order valence-electron chi connectivity index (χ3n) is 9.76. The molecule has 1 aliphatic carbocycles. The van der Waals surface area contributed by atoms with Crippen LogP contribution in [0.2, 0.25) is 0 Å². The smallest absolute Gasteiger partial charge is 0.220 e. The first-order valence-electron chi connectivity index (χ1n) is 19.1. The van der Waals surface area contributed by atoms with E-state index in [1.807, 2.05) is 0 Å². The number of ketones is 4. The van der Waals surface area contributed by atoms with Crippen LogP contribution in [-0.4, -0.2) is 55.8 Å². The Morgan fingerprint density at radius 1 is 0.630 bits per heavy atom. The maximum Gasteiger partial charge on any atom is 0.220 e. The summed E-state index contributed by atoms with van der Waals surface area (Å²) >= 11 is 0. The molecule has 2 atom stereocenters. The van der Waals surface area contributed by atoms with Crippen LogP contribution in [0.3, 0.4) is 0 Å². The Bertz CT molecular complexity index is 879. The number of hydrogen-bond acceptors (Lipinski definition) is 7. The van der Waals surface area contributed by atoms with Gasteiger partial charge < -0.3 is 15.3 Å². The average Bonchev–Trinajstić information content (AvgIpc) is 3.32. The molecule has 1 rings (SSSR count). The van der Waals surface area contributed by atoms with E-state index in [4.69, 9.17) is 0 Å². The molecule has 0 bridgehead atoms. The fourth-order valence-electron chi connectivity index (χ4n) is 6.60. The van der Waals surface area contributed by atoms with Crippen LogP contribution in [0.15, 0.2) is 12.2 Å². The van der Waals surface area contributed by atoms with E-state index in [0.29, 0.717) is 19.3 Å². The van der Waals surface area contributed by atoms with Crippen LogP contribution in [0.1, 0.15) is 194 Å². The van der Waals surface area contributed by atoms with Gasteiger partial charge in [-0.2, -0.15) is 0 Å². The second kappa shape index (κ2) is 25.3. The highest BCUT2D eigenvalue weighted by Crippen LogP contribution is 2.38. The van der Waals surface area contributed by atoms with E-state index in [-0.39, 0.29) is 25.7 Å². The highest BCUT2D eigenvalue weighted by Gasteiger charge is 2.69. The molecule has 0 heterocycles. The number of unbranched alkanes of at least 4 members (excludes halogenated alkanes) is 21. The maximum absolute atomic E-state index is 13.3. The van der Waals surface area contributed by atoms with Crippen molar-refractivity contribution in [3.05, 3.63) is 12.2 Å². The lowest BCUT2D eigenvalue weighted by Crippen LogP contribution is -2.72. The Morgan fingerprint density at radius 3 is 1.41 bits per heavy atom. The molecule has 1 aliphatic rings. The fourth-order valence-corrected chi connectivity index (χ4v) is 6.60. The summed E-state index contributed by atoms with van der Waals surface area (Å²) in [5.74, 6) is -3.87. The number of aliphatic hydroxyl groups excluding tert-OH is 1. The fraction of sp³-hybridized carbons (Fsp3) is 0.846. The zero-order valence-corrected chi connectivity index (χ0v) is 29.5. The van der Waals surface area contributed by atoms with Crippen molar-refractivity contribution in [3.8, 4) is 0 Å². The van der Waals surface area contributed by atoms with Crippen LogP contribution >= 0.6 is 0 Å².